The van der Waals surface area contributed by atoms with Crippen LogP contribution in [-0.4, -0.2) is 15.0 Å². The van der Waals surface area contributed by atoms with Gasteiger partial charge < -0.3 is 0 Å². The van der Waals surface area contributed by atoms with Crippen molar-refractivity contribution >= 4 is 10.9 Å². The van der Waals surface area contributed by atoms with Gasteiger partial charge in [0.15, 0.2) is 5.82 Å². The smallest absolute Gasteiger partial charge is 0.160 e. The number of benzene rings is 8. The Labute approximate surface area is 344 Å². The number of fused-ring (bicyclic) bond motifs is 4. The Bertz CT molecular complexity index is 3120. The third kappa shape index (κ3) is 5.86. The number of hydrogen-bond donors (Lipinski definition) is 0. The molecule has 0 atom stereocenters. The topological polar surface area (TPSA) is 38.7 Å². The maximum Gasteiger partial charge on any atom is 0.160 e. The van der Waals surface area contributed by atoms with Gasteiger partial charge >= 0.3 is 0 Å². The third-order valence-electron chi connectivity index (χ3n) is 11.8. The Morgan fingerprint density at radius 1 is 0.305 bits per heavy atom. The van der Waals surface area contributed by atoms with Crippen LogP contribution >= 0.6 is 0 Å². The fourth-order valence-electron chi connectivity index (χ4n) is 9.10. The summed E-state index contributed by atoms with van der Waals surface area (Å²) in [6, 6.07) is 79.9. The van der Waals surface area contributed by atoms with Gasteiger partial charge in [-0.2, -0.15) is 0 Å². The third-order valence-corrected chi connectivity index (χ3v) is 11.8. The molecule has 0 radical (unpaired) electrons. The molecule has 0 bridgehead atoms. The molecule has 59 heavy (non-hydrogen) atoms. The molecule has 0 unspecified atom stereocenters. The zero-order valence-corrected chi connectivity index (χ0v) is 32.2. The number of para-hydroxylation sites is 1. The second kappa shape index (κ2) is 14.3. The summed E-state index contributed by atoms with van der Waals surface area (Å²) in [7, 11) is 0. The first kappa shape index (κ1) is 34.5. The van der Waals surface area contributed by atoms with Crippen LogP contribution in [0.3, 0.4) is 0 Å². The highest BCUT2D eigenvalue weighted by molar-refractivity contribution is 5.94. The Hall–Kier alpha value is -7.75. The van der Waals surface area contributed by atoms with Crippen molar-refractivity contribution in [2.75, 3.05) is 0 Å². The summed E-state index contributed by atoms with van der Waals surface area (Å²) in [6.07, 6.45) is 0. The quantitative estimate of drug-likeness (QED) is 0.163. The van der Waals surface area contributed by atoms with Crippen molar-refractivity contribution in [2.24, 2.45) is 0 Å². The van der Waals surface area contributed by atoms with E-state index in [-0.39, 0.29) is 0 Å². The molecule has 0 amide bonds. The highest BCUT2D eigenvalue weighted by Crippen LogP contribution is 2.56. The van der Waals surface area contributed by atoms with Crippen molar-refractivity contribution in [1.82, 2.24) is 15.0 Å². The van der Waals surface area contributed by atoms with Crippen molar-refractivity contribution in [3.05, 3.63) is 247 Å². The zero-order chi connectivity index (χ0) is 39.2. The van der Waals surface area contributed by atoms with Crippen LogP contribution in [0.2, 0.25) is 0 Å². The van der Waals surface area contributed by atoms with E-state index in [4.69, 9.17) is 15.0 Å². The van der Waals surface area contributed by atoms with E-state index in [0.29, 0.717) is 5.82 Å². The molecule has 2 aromatic heterocycles. The van der Waals surface area contributed by atoms with Crippen molar-refractivity contribution in [3.63, 3.8) is 0 Å². The molecule has 0 N–H and O–H groups in total. The van der Waals surface area contributed by atoms with E-state index < -0.39 is 5.41 Å². The monoisotopic (exact) mass is 751 g/mol. The summed E-state index contributed by atoms with van der Waals surface area (Å²) in [4.78, 5) is 15.3. The van der Waals surface area contributed by atoms with Crippen molar-refractivity contribution in [3.8, 4) is 67.4 Å². The normalized spacial score (nSPS) is 12.5. The van der Waals surface area contributed by atoms with E-state index in [1.807, 2.05) is 30.3 Å². The van der Waals surface area contributed by atoms with E-state index in [2.05, 4.69) is 194 Å². The first-order valence-electron chi connectivity index (χ1n) is 20.1. The summed E-state index contributed by atoms with van der Waals surface area (Å²) < 4.78 is 0. The molecule has 1 aliphatic rings. The van der Waals surface area contributed by atoms with Crippen molar-refractivity contribution < 1.29 is 0 Å². The number of aromatic nitrogens is 3. The molecule has 2 heterocycles. The fourth-order valence-corrected chi connectivity index (χ4v) is 9.10. The highest BCUT2D eigenvalue weighted by atomic mass is 14.9. The molecule has 0 saturated carbocycles. The lowest BCUT2D eigenvalue weighted by molar-refractivity contribution is 0.769. The molecule has 3 heteroatoms. The van der Waals surface area contributed by atoms with Gasteiger partial charge in [0.2, 0.25) is 0 Å². The van der Waals surface area contributed by atoms with Gasteiger partial charge in [-0.25, -0.2) is 15.0 Å². The molecule has 11 rings (SSSR count). The Balaban J connectivity index is 0.975. The first-order chi connectivity index (χ1) is 29.2. The van der Waals surface area contributed by atoms with Gasteiger partial charge in [0, 0.05) is 27.6 Å². The van der Waals surface area contributed by atoms with Gasteiger partial charge in [0.1, 0.15) is 0 Å². The van der Waals surface area contributed by atoms with Crippen molar-refractivity contribution in [2.45, 2.75) is 5.41 Å². The van der Waals surface area contributed by atoms with E-state index in [1.54, 1.807) is 0 Å². The molecule has 276 valence electrons. The van der Waals surface area contributed by atoms with Crippen LogP contribution in [-0.2, 0) is 5.41 Å². The molecule has 0 spiro atoms. The minimum absolute atomic E-state index is 0.451. The zero-order valence-electron chi connectivity index (χ0n) is 32.2. The minimum atomic E-state index is -0.451. The summed E-state index contributed by atoms with van der Waals surface area (Å²) in [6.45, 7) is 0. The number of nitrogens with zero attached hydrogens (tertiary/aromatic N) is 3. The SMILES string of the molecule is c1ccc(-c2nc(-c3cccc(-c4cccc(-c5cccc(-c6cccc(C7(c8ccccc8)c8ccccc8-c8ccccc87)c6)c5)n4)c3)c3ccccc3n2)cc1. The van der Waals surface area contributed by atoms with Crippen molar-refractivity contribution in [1.29, 1.82) is 0 Å². The molecule has 10 aromatic rings. The summed E-state index contributed by atoms with van der Waals surface area (Å²) >= 11 is 0. The van der Waals surface area contributed by atoms with Gasteiger partial charge in [-0.3, -0.25) is 0 Å². The van der Waals surface area contributed by atoms with Crippen LogP contribution in [0.15, 0.2) is 224 Å². The Kier molecular flexibility index (Phi) is 8.37. The van der Waals surface area contributed by atoms with Crippen LogP contribution in [0.25, 0.3) is 78.3 Å². The Morgan fingerprint density at radius 3 is 1.51 bits per heavy atom. The Morgan fingerprint density at radius 2 is 0.797 bits per heavy atom. The van der Waals surface area contributed by atoms with Crippen LogP contribution in [0.1, 0.15) is 22.3 Å². The predicted octanol–water partition coefficient (Wildman–Crippen LogP) is 13.7. The second-order valence-corrected chi connectivity index (χ2v) is 15.1. The maximum atomic E-state index is 5.26. The lowest BCUT2D eigenvalue weighted by Gasteiger charge is -2.34. The summed E-state index contributed by atoms with van der Waals surface area (Å²) in [5.41, 5.74) is 17.3. The predicted molar refractivity (Wildman–Crippen MR) is 242 cm³/mol. The average Bonchev–Trinajstić information content (AvgIpc) is 3.63. The second-order valence-electron chi connectivity index (χ2n) is 15.1. The van der Waals surface area contributed by atoms with E-state index in [9.17, 15) is 0 Å². The van der Waals surface area contributed by atoms with E-state index in [1.165, 1.54) is 33.4 Å². The summed E-state index contributed by atoms with van der Waals surface area (Å²) in [5, 5.41) is 1.02. The molecule has 8 aromatic carbocycles. The van der Waals surface area contributed by atoms with Gasteiger partial charge in [0.25, 0.3) is 0 Å². The molecule has 0 aliphatic heterocycles. The molecule has 1 aliphatic carbocycles. The minimum Gasteiger partial charge on any atom is -0.248 e. The van der Waals surface area contributed by atoms with Crippen LogP contribution < -0.4 is 0 Å². The van der Waals surface area contributed by atoms with Gasteiger partial charge in [-0.15, -0.1) is 0 Å². The molecule has 3 nitrogen and oxygen atoms in total. The van der Waals surface area contributed by atoms with Gasteiger partial charge in [0.05, 0.1) is 28.0 Å². The number of pyridine rings is 1. The lowest BCUT2D eigenvalue weighted by atomic mass is 9.67. The van der Waals surface area contributed by atoms with Crippen LogP contribution in [0.4, 0.5) is 0 Å². The number of hydrogen-bond acceptors (Lipinski definition) is 3. The average molecular weight is 752 g/mol. The fraction of sp³-hybridized carbons (Fsp3) is 0.0179. The lowest BCUT2D eigenvalue weighted by Crippen LogP contribution is -2.28. The molecule has 0 saturated heterocycles. The largest absolute Gasteiger partial charge is 0.248 e. The van der Waals surface area contributed by atoms with Gasteiger partial charge in [-0.05, 0) is 80.9 Å². The van der Waals surface area contributed by atoms with E-state index >= 15 is 0 Å². The van der Waals surface area contributed by atoms with E-state index in [0.717, 1.165) is 61.4 Å². The highest BCUT2D eigenvalue weighted by Gasteiger charge is 2.45. The van der Waals surface area contributed by atoms with Gasteiger partial charge in [-0.1, -0.05) is 188 Å². The maximum absolute atomic E-state index is 5.26. The number of rotatable bonds is 7. The molecular weight excluding hydrogens is 715 g/mol. The summed E-state index contributed by atoms with van der Waals surface area (Å²) in [5.74, 6) is 0.711. The standard InChI is InChI=1S/C56H37N3/c1-3-17-38(18-4-1)55-58-53-32-12-9-29-48(53)54(59-55)43-23-14-22-42(36-43)52-34-16-33-51(57-52)41-21-13-19-39(35-41)40-20-15-26-45(37-40)56(44-24-5-2-6-25-44)49-30-10-7-27-46(49)47-28-8-11-31-50(47)56/h1-37H. The van der Waals surface area contributed by atoms with Crippen LogP contribution in [0.5, 0.6) is 0 Å². The van der Waals surface area contributed by atoms with Crippen LogP contribution in [0, 0.1) is 0 Å². The molecular formula is C56H37N3. The molecule has 0 fully saturated rings. The first-order valence-corrected chi connectivity index (χ1v) is 20.1.